The summed E-state index contributed by atoms with van der Waals surface area (Å²) in [6.45, 7) is 7.11. The number of rotatable bonds is 7. The summed E-state index contributed by atoms with van der Waals surface area (Å²) >= 11 is 3.59. The standard InChI is InChI=1S/C17H23BrN2O/c1-17(2,8-10-21-3)12-19-11-13-6-7-15(18)14-5-4-9-20-16(13)14/h4-7,9,19H,8,10-12H2,1-3H3. The quantitative estimate of drug-likeness (QED) is 0.814. The van der Waals surface area contributed by atoms with Crippen molar-refractivity contribution in [2.75, 3.05) is 20.3 Å². The first-order chi connectivity index (χ1) is 10.0. The molecule has 0 atom stereocenters. The average molecular weight is 351 g/mol. The Balaban J connectivity index is 2.03. The summed E-state index contributed by atoms with van der Waals surface area (Å²) in [5.74, 6) is 0. The van der Waals surface area contributed by atoms with Gasteiger partial charge in [0, 0.05) is 42.9 Å². The zero-order valence-corrected chi connectivity index (χ0v) is 14.5. The number of nitrogens with one attached hydrogen (secondary N) is 1. The number of hydrogen-bond acceptors (Lipinski definition) is 3. The molecular formula is C17H23BrN2O. The fourth-order valence-corrected chi connectivity index (χ4v) is 2.79. The van der Waals surface area contributed by atoms with E-state index in [0.717, 1.165) is 41.5 Å². The Hall–Kier alpha value is -0.970. The molecule has 0 spiro atoms. The lowest BCUT2D eigenvalue weighted by Gasteiger charge is -2.24. The van der Waals surface area contributed by atoms with E-state index in [-0.39, 0.29) is 5.41 Å². The summed E-state index contributed by atoms with van der Waals surface area (Å²) in [5.41, 5.74) is 2.53. The third-order valence-electron chi connectivity index (χ3n) is 3.70. The molecule has 1 N–H and O–H groups in total. The molecule has 114 valence electrons. The SMILES string of the molecule is COCCC(C)(C)CNCc1ccc(Br)c2cccnc12. The second kappa shape index (κ2) is 7.34. The van der Waals surface area contributed by atoms with Crippen molar-refractivity contribution in [2.24, 2.45) is 5.41 Å². The van der Waals surface area contributed by atoms with Crippen LogP contribution in [0.1, 0.15) is 25.8 Å². The van der Waals surface area contributed by atoms with Crippen LogP contribution in [0.3, 0.4) is 0 Å². The van der Waals surface area contributed by atoms with Gasteiger partial charge in [-0.2, -0.15) is 0 Å². The minimum atomic E-state index is 0.231. The minimum absolute atomic E-state index is 0.231. The van der Waals surface area contributed by atoms with Crippen molar-refractivity contribution in [3.63, 3.8) is 0 Å². The minimum Gasteiger partial charge on any atom is -0.385 e. The van der Waals surface area contributed by atoms with Crippen molar-refractivity contribution < 1.29 is 4.74 Å². The van der Waals surface area contributed by atoms with Crippen LogP contribution in [0.5, 0.6) is 0 Å². The number of methoxy groups -OCH3 is 1. The molecule has 2 rings (SSSR count). The number of pyridine rings is 1. The highest BCUT2D eigenvalue weighted by Crippen LogP contribution is 2.25. The first-order valence-electron chi connectivity index (χ1n) is 7.25. The third-order valence-corrected chi connectivity index (χ3v) is 4.39. The molecule has 2 aromatic rings. The van der Waals surface area contributed by atoms with E-state index in [1.807, 2.05) is 12.3 Å². The maximum Gasteiger partial charge on any atom is 0.0758 e. The molecule has 0 radical (unpaired) electrons. The van der Waals surface area contributed by atoms with Crippen molar-refractivity contribution >= 4 is 26.8 Å². The largest absolute Gasteiger partial charge is 0.385 e. The summed E-state index contributed by atoms with van der Waals surface area (Å²) in [4.78, 5) is 4.52. The number of nitrogens with zero attached hydrogens (tertiary/aromatic N) is 1. The highest BCUT2D eigenvalue weighted by atomic mass is 79.9. The molecule has 3 nitrogen and oxygen atoms in total. The monoisotopic (exact) mass is 350 g/mol. The van der Waals surface area contributed by atoms with Gasteiger partial charge in [0.25, 0.3) is 0 Å². The third kappa shape index (κ3) is 4.50. The van der Waals surface area contributed by atoms with Crippen LogP contribution in [-0.2, 0) is 11.3 Å². The van der Waals surface area contributed by atoms with Crippen molar-refractivity contribution in [3.8, 4) is 0 Å². The summed E-state index contributed by atoms with van der Waals surface area (Å²) in [6, 6.07) is 8.29. The molecule has 0 unspecified atom stereocenters. The Morgan fingerprint density at radius 3 is 2.86 bits per heavy atom. The van der Waals surface area contributed by atoms with E-state index in [1.165, 1.54) is 5.56 Å². The molecule has 4 heteroatoms. The van der Waals surface area contributed by atoms with E-state index in [0.29, 0.717) is 0 Å². The maximum absolute atomic E-state index is 5.17. The van der Waals surface area contributed by atoms with Gasteiger partial charge in [0.1, 0.15) is 0 Å². The zero-order valence-electron chi connectivity index (χ0n) is 12.9. The fraction of sp³-hybridized carbons (Fsp3) is 0.471. The van der Waals surface area contributed by atoms with Crippen LogP contribution in [0.25, 0.3) is 10.9 Å². The van der Waals surface area contributed by atoms with E-state index in [1.54, 1.807) is 7.11 Å². The molecule has 0 amide bonds. The van der Waals surface area contributed by atoms with E-state index in [9.17, 15) is 0 Å². The van der Waals surface area contributed by atoms with Gasteiger partial charge >= 0.3 is 0 Å². The Morgan fingerprint density at radius 2 is 2.10 bits per heavy atom. The van der Waals surface area contributed by atoms with Gasteiger partial charge in [-0.25, -0.2) is 0 Å². The van der Waals surface area contributed by atoms with Crippen LogP contribution in [0.15, 0.2) is 34.9 Å². The van der Waals surface area contributed by atoms with Crippen LogP contribution in [-0.4, -0.2) is 25.2 Å². The first-order valence-corrected chi connectivity index (χ1v) is 8.04. The number of ether oxygens (including phenoxy) is 1. The number of fused-ring (bicyclic) bond motifs is 1. The van der Waals surface area contributed by atoms with Crippen LogP contribution >= 0.6 is 15.9 Å². The van der Waals surface area contributed by atoms with Gasteiger partial charge in [-0.1, -0.05) is 41.9 Å². The highest BCUT2D eigenvalue weighted by Gasteiger charge is 2.17. The predicted octanol–water partition coefficient (Wildman–Crippen LogP) is 4.15. The van der Waals surface area contributed by atoms with Crippen LogP contribution in [0.4, 0.5) is 0 Å². The van der Waals surface area contributed by atoms with Crippen LogP contribution in [0, 0.1) is 5.41 Å². The molecule has 1 aromatic heterocycles. The molecule has 0 fully saturated rings. The Bertz CT molecular complexity index is 598. The first kappa shape index (κ1) is 16.4. The molecule has 0 aliphatic heterocycles. The Morgan fingerprint density at radius 1 is 1.29 bits per heavy atom. The lowest BCUT2D eigenvalue weighted by molar-refractivity contribution is 0.150. The van der Waals surface area contributed by atoms with Gasteiger partial charge in [0.2, 0.25) is 0 Å². The van der Waals surface area contributed by atoms with Gasteiger partial charge in [-0.05, 0) is 29.5 Å². The molecule has 1 heterocycles. The van der Waals surface area contributed by atoms with E-state index in [4.69, 9.17) is 4.74 Å². The van der Waals surface area contributed by atoms with Crippen molar-refractivity contribution in [2.45, 2.75) is 26.8 Å². The zero-order chi connectivity index (χ0) is 15.3. The van der Waals surface area contributed by atoms with E-state index < -0.39 is 0 Å². The van der Waals surface area contributed by atoms with Crippen molar-refractivity contribution in [1.82, 2.24) is 10.3 Å². The number of halogens is 1. The summed E-state index contributed by atoms with van der Waals surface area (Å²) < 4.78 is 6.26. The van der Waals surface area contributed by atoms with Crippen LogP contribution in [0.2, 0.25) is 0 Å². The van der Waals surface area contributed by atoms with Crippen LogP contribution < -0.4 is 5.32 Å². The second-order valence-corrected chi connectivity index (χ2v) is 6.97. The van der Waals surface area contributed by atoms with Crippen molar-refractivity contribution in [3.05, 3.63) is 40.5 Å². The molecule has 0 bridgehead atoms. The number of benzene rings is 1. The number of hydrogen-bond donors (Lipinski definition) is 1. The fourth-order valence-electron chi connectivity index (χ4n) is 2.34. The highest BCUT2D eigenvalue weighted by molar-refractivity contribution is 9.10. The average Bonchev–Trinajstić information content (AvgIpc) is 2.48. The van der Waals surface area contributed by atoms with E-state index >= 15 is 0 Å². The number of aromatic nitrogens is 1. The van der Waals surface area contributed by atoms with Gasteiger partial charge in [0.15, 0.2) is 0 Å². The Labute approximate surface area is 135 Å². The topological polar surface area (TPSA) is 34.1 Å². The summed E-state index contributed by atoms with van der Waals surface area (Å²) in [7, 11) is 1.75. The molecule has 0 saturated heterocycles. The second-order valence-electron chi connectivity index (χ2n) is 6.12. The predicted molar refractivity (Wildman–Crippen MR) is 91.4 cm³/mol. The lowest BCUT2D eigenvalue weighted by Crippen LogP contribution is -2.30. The lowest BCUT2D eigenvalue weighted by atomic mass is 9.89. The van der Waals surface area contributed by atoms with Gasteiger partial charge in [-0.15, -0.1) is 0 Å². The van der Waals surface area contributed by atoms with Gasteiger partial charge in [0.05, 0.1) is 5.52 Å². The molecule has 0 saturated carbocycles. The van der Waals surface area contributed by atoms with Crippen molar-refractivity contribution in [1.29, 1.82) is 0 Å². The summed E-state index contributed by atoms with van der Waals surface area (Å²) in [6.07, 6.45) is 2.90. The molecular weight excluding hydrogens is 328 g/mol. The van der Waals surface area contributed by atoms with E-state index in [2.05, 4.69) is 58.3 Å². The summed E-state index contributed by atoms with van der Waals surface area (Å²) in [5, 5.41) is 4.71. The smallest absolute Gasteiger partial charge is 0.0758 e. The molecule has 1 aromatic carbocycles. The van der Waals surface area contributed by atoms with Gasteiger partial charge in [-0.3, -0.25) is 4.98 Å². The molecule has 21 heavy (non-hydrogen) atoms. The van der Waals surface area contributed by atoms with Gasteiger partial charge < -0.3 is 10.1 Å². The molecule has 0 aliphatic carbocycles. The molecule has 0 aliphatic rings. The maximum atomic E-state index is 5.17. The Kier molecular flexibility index (Phi) is 5.73. The normalized spacial score (nSPS) is 12.0.